The van der Waals surface area contributed by atoms with Crippen molar-refractivity contribution in [3.05, 3.63) is 23.8 Å². The molecule has 0 aromatic heterocycles. The average molecular weight is 253 g/mol. The van der Waals surface area contributed by atoms with Gasteiger partial charge in [-0.25, -0.2) is 0 Å². The van der Waals surface area contributed by atoms with Gasteiger partial charge in [-0.1, -0.05) is 0 Å². The summed E-state index contributed by atoms with van der Waals surface area (Å²) in [5, 5.41) is 17.8. The fourth-order valence-electron chi connectivity index (χ4n) is 1.77. The van der Waals surface area contributed by atoms with Crippen LogP contribution in [0.4, 0.5) is 0 Å². The van der Waals surface area contributed by atoms with Gasteiger partial charge in [-0.2, -0.15) is 0 Å². The minimum atomic E-state index is -0.253. The van der Waals surface area contributed by atoms with Crippen LogP contribution in [0.5, 0.6) is 11.5 Å². The molecule has 98 valence electrons. The summed E-state index contributed by atoms with van der Waals surface area (Å²) in [7, 11) is 0. The van der Waals surface area contributed by atoms with Crippen molar-refractivity contribution < 1.29 is 24.5 Å². The van der Waals surface area contributed by atoms with E-state index >= 15 is 0 Å². The molecular formula is C12H15NO5. The number of carbonyl (C=O) groups excluding carboxylic acids is 1. The highest BCUT2D eigenvalue weighted by Crippen LogP contribution is 2.32. The monoisotopic (exact) mass is 253 g/mol. The minimum absolute atomic E-state index is 0.143. The van der Waals surface area contributed by atoms with Crippen LogP contribution in [0, 0.1) is 0 Å². The van der Waals surface area contributed by atoms with E-state index < -0.39 is 0 Å². The Morgan fingerprint density at radius 1 is 1.17 bits per heavy atom. The van der Waals surface area contributed by atoms with Gasteiger partial charge in [0.25, 0.3) is 5.91 Å². The average Bonchev–Trinajstić information content (AvgIpc) is 2.84. The molecule has 0 fully saturated rings. The maximum atomic E-state index is 12.1. The van der Waals surface area contributed by atoms with E-state index in [4.69, 9.17) is 19.7 Å². The predicted molar refractivity (Wildman–Crippen MR) is 62.6 cm³/mol. The van der Waals surface area contributed by atoms with Crippen LogP contribution in [0.1, 0.15) is 10.4 Å². The Morgan fingerprint density at radius 3 is 2.50 bits per heavy atom. The number of hydrogen-bond donors (Lipinski definition) is 2. The number of fused-ring (bicyclic) bond motifs is 1. The molecule has 1 aliphatic heterocycles. The molecule has 0 bridgehead atoms. The summed E-state index contributed by atoms with van der Waals surface area (Å²) in [5.74, 6) is 0.896. The van der Waals surface area contributed by atoms with Gasteiger partial charge in [0.05, 0.1) is 13.2 Å². The molecular weight excluding hydrogens is 238 g/mol. The third-order valence-electron chi connectivity index (χ3n) is 2.65. The second-order valence-corrected chi connectivity index (χ2v) is 3.81. The van der Waals surface area contributed by atoms with Crippen molar-refractivity contribution in [2.75, 3.05) is 33.1 Å². The predicted octanol–water partition coefficient (Wildman–Crippen LogP) is -0.158. The van der Waals surface area contributed by atoms with Crippen molar-refractivity contribution in [3.63, 3.8) is 0 Å². The molecule has 0 spiro atoms. The molecule has 0 radical (unpaired) electrons. The van der Waals surface area contributed by atoms with E-state index in [0.717, 1.165) is 0 Å². The van der Waals surface area contributed by atoms with Crippen LogP contribution in [-0.2, 0) is 0 Å². The Kier molecular flexibility index (Phi) is 4.01. The van der Waals surface area contributed by atoms with Gasteiger partial charge in [-0.3, -0.25) is 4.79 Å². The van der Waals surface area contributed by atoms with E-state index in [1.807, 2.05) is 0 Å². The molecule has 2 N–H and O–H groups in total. The molecule has 0 aliphatic carbocycles. The van der Waals surface area contributed by atoms with Crippen LogP contribution < -0.4 is 9.47 Å². The SMILES string of the molecule is O=C(c1ccc2c(c1)OCO2)N(CCO)CCO. The fraction of sp³-hybridized carbons (Fsp3) is 0.417. The smallest absolute Gasteiger partial charge is 0.254 e. The third kappa shape index (κ3) is 2.55. The highest BCUT2D eigenvalue weighted by atomic mass is 16.7. The quantitative estimate of drug-likeness (QED) is 0.762. The number of amides is 1. The van der Waals surface area contributed by atoms with Gasteiger partial charge < -0.3 is 24.6 Å². The van der Waals surface area contributed by atoms with Gasteiger partial charge >= 0.3 is 0 Å². The van der Waals surface area contributed by atoms with Gasteiger partial charge in [0.1, 0.15) is 0 Å². The van der Waals surface area contributed by atoms with E-state index in [9.17, 15) is 4.79 Å². The molecule has 1 heterocycles. The lowest BCUT2D eigenvalue weighted by molar-refractivity contribution is 0.0684. The van der Waals surface area contributed by atoms with Crippen molar-refractivity contribution in [2.45, 2.75) is 0 Å². The lowest BCUT2D eigenvalue weighted by Crippen LogP contribution is -2.35. The van der Waals surface area contributed by atoms with Crippen molar-refractivity contribution in [2.24, 2.45) is 0 Å². The normalized spacial score (nSPS) is 12.6. The zero-order chi connectivity index (χ0) is 13.0. The number of aliphatic hydroxyl groups excluding tert-OH is 2. The van der Waals surface area contributed by atoms with E-state index in [-0.39, 0.29) is 39.0 Å². The largest absolute Gasteiger partial charge is 0.454 e. The van der Waals surface area contributed by atoms with Gasteiger partial charge in [0.15, 0.2) is 11.5 Å². The van der Waals surface area contributed by atoms with Crippen molar-refractivity contribution >= 4 is 5.91 Å². The highest BCUT2D eigenvalue weighted by molar-refractivity contribution is 5.95. The summed E-state index contributed by atoms with van der Waals surface area (Å²) in [4.78, 5) is 13.5. The number of nitrogens with zero attached hydrogens (tertiary/aromatic N) is 1. The number of rotatable bonds is 5. The number of carbonyl (C=O) groups is 1. The van der Waals surface area contributed by atoms with Crippen molar-refractivity contribution in [1.29, 1.82) is 0 Å². The first-order valence-electron chi connectivity index (χ1n) is 5.67. The minimum Gasteiger partial charge on any atom is -0.454 e. The van der Waals surface area contributed by atoms with Gasteiger partial charge in [-0.15, -0.1) is 0 Å². The lowest BCUT2D eigenvalue weighted by atomic mass is 10.1. The van der Waals surface area contributed by atoms with Crippen LogP contribution in [0.15, 0.2) is 18.2 Å². The number of hydrogen-bond acceptors (Lipinski definition) is 5. The summed E-state index contributed by atoms with van der Waals surface area (Å²) in [6.45, 7) is 0.248. The molecule has 1 amide bonds. The van der Waals surface area contributed by atoms with E-state index in [2.05, 4.69) is 0 Å². The molecule has 6 nitrogen and oxygen atoms in total. The molecule has 6 heteroatoms. The first-order valence-corrected chi connectivity index (χ1v) is 5.67. The van der Waals surface area contributed by atoms with Crippen LogP contribution >= 0.6 is 0 Å². The zero-order valence-electron chi connectivity index (χ0n) is 9.83. The van der Waals surface area contributed by atoms with Gasteiger partial charge in [0, 0.05) is 18.7 Å². The highest BCUT2D eigenvalue weighted by Gasteiger charge is 2.19. The molecule has 0 saturated heterocycles. The van der Waals surface area contributed by atoms with Crippen molar-refractivity contribution in [3.8, 4) is 11.5 Å². The summed E-state index contributed by atoms with van der Waals surface area (Å²) < 4.78 is 10.4. The first-order chi connectivity index (χ1) is 8.76. The van der Waals surface area contributed by atoms with Crippen molar-refractivity contribution in [1.82, 2.24) is 4.90 Å². The Bertz CT molecular complexity index is 428. The second-order valence-electron chi connectivity index (χ2n) is 3.81. The standard InChI is InChI=1S/C12H15NO5/c14-5-3-13(4-6-15)12(16)9-1-2-10-11(7-9)18-8-17-10/h1-2,7,14-15H,3-6,8H2. The first kappa shape index (κ1) is 12.7. The van der Waals surface area contributed by atoms with Gasteiger partial charge in [-0.05, 0) is 18.2 Å². The molecule has 1 aromatic carbocycles. The number of ether oxygens (including phenoxy) is 2. The van der Waals surface area contributed by atoms with Crippen LogP contribution in [0.2, 0.25) is 0 Å². The molecule has 0 saturated carbocycles. The number of aliphatic hydroxyl groups is 2. The molecule has 18 heavy (non-hydrogen) atoms. The summed E-state index contributed by atoms with van der Waals surface area (Å²) >= 11 is 0. The van der Waals surface area contributed by atoms with Gasteiger partial charge in [0.2, 0.25) is 6.79 Å². The molecule has 1 aliphatic rings. The summed E-state index contributed by atoms with van der Waals surface area (Å²) in [6.07, 6.45) is 0. The maximum absolute atomic E-state index is 12.1. The van der Waals surface area contributed by atoms with Crippen LogP contribution in [0.3, 0.4) is 0 Å². The van der Waals surface area contributed by atoms with Crippen LogP contribution in [-0.4, -0.2) is 54.1 Å². The van der Waals surface area contributed by atoms with E-state index in [1.165, 1.54) is 4.90 Å². The summed E-state index contributed by atoms with van der Waals surface area (Å²) in [5.41, 5.74) is 0.446. The topological polar surface area (TPSA) is 79.2 Å². The number of benzene rings is 1. The summed E-state index contributed by atoms with van der Waals surface area (Å²) in [6, 6.07) is 4.91. The van der Waals surface area contributed by atoms with Crippen LogP contribution in [0.25, 0.3) is 0 Å². The molecule has 2 rings (SSSR count). The molecule has 0 atom stereocenters. The Hall–Kier alpha value is -1.79. The maximum Gasteiger partial charge on any atom is 0.254 e. The van der Waals surface area contributed by atoms with E-state index in [1.54, 1.807) is 18.2 Å². The molecule has 1 aromatic rings. The molecule has 0 unspecified atom stereocenters. The zero-order valence-corrected chi connectivity index (χ0v) is 9.83. The second kappa shape index (κ2) is 5.70. The van der Waals surface area contributed by atoms with E-state index in [0.29, 0.717) is 17.1 Å². The fourth-order valence-corrected chi connectivity index (χ4v) is 1.77. The third-order valence-corrected chi connectivity index (χ3v) is 2.65. The Balaban J connectivity index is 2.16. The Labute approximate surface area is 104 Å². The Morgan fingerprint density at radius 2 is 1.83 bits per heavy atom. The lowest BCUT2D eigenvalue weighted by Gasteiger charge is -2.20.